The first kappa shape index (κ1) is 10.5. The summed E-state index contributed by atoms with van der Waals surface area (Å²) in [4.78, 5) is 22.2. The van der Waals surface area contributed by atoms with Crippen molar-refractivity contribution in [2.45, 2.75) is 6.92 Å². The molecule has 7 heteroatoms. The second-order valence-electron chi connectivity index (χ2n) is 2.45. The molecular weight excluding hydrogens is 208 g/mol. The number of hydrogen-bond acceptors (Lipinski definition) is 4. The third-order valence-electron chi connectivity index (χ3n) is 1.48. The number of aryl methyl sites for hydroxylation is 1. The molecule has 0 unspecified atom stereocenters. The van der Waals surface area contributed by atoms with E-state index in [1.165, 1.54) is 11.5 Å². The van der Waals surface area contributed by atoms with Gasteiger partial charge in [0, 0.05) is 4.88 Å². The molecule has 0 saturated carbocycles. The molecule has 0 radical (unpaired) electrons. The second kappa shape index (κ2) is 4.07. The van der Waals surface area contributed by atoms with Gasteiger partial charge in [-0.1, -0.05) is 0 Å². The Balaban J connectivity index is 2.93. The number of anilines is 1. The Hall–Kier alpha value is -1.60. The van der Waals surface area contributed by atoms with Crippen LogP contribution in [0.4, 0.5) is 10.5 Å². The summed E-state index contributed by atoms with van der Waals surface area (Å²) in [5.41, 5.74) is 1.82. The monoisotopic (exact) mass is 216 g/mol. The predicted molar refractivity (Wildman–Crippen MR) is 50.0 cm³/mol. The zero-order valence-electron chi connectivity index (χ0n) is 7.20. The Bertz CT molecular complexity index is 374. The average Bonchev–Trinajstić information content (AvgIpc) is 2.46. The predicted octanol–water partition coefficient (Wildman–Crippen LogP) is 1.27. The molecule has 0 aromatic carbocycles. The third kappa shape index (κ3) is 2.21. The molecule has 0 bridgehead atoms. The minimum absolute atomic E-state index is 0.244. The molecular formula is C7H8N2O4S. The van der Waals surface area contributed by atoms with Crippen molar-refractivity contribution in [2.24, 2.45) is 0 Å². The van der Waals surface area contributed by atoms with Gasteiger partial charge in [0.1, 0.15) is 0 Å². The van der Waals surface area contributed by atoms with Crippen molar-refractivity contribution in [3.8, 4) is 0 Å². The van der Waals surface area contributed by atoms with Crippen LogP contribution in [-0.4, -0.2) is 22.3 Å². The number of carbonyl (C=O) groups excluding carboxylic acids is 1. The van der Waals surface area contributed by atoms with Gasteiger partial charge in [0.15, 0.2) is 0 Å². The van der Waals surface area contributed by atoms with E-state index >= 15 is 0 Å². The highest BCUT2D eigenvalue weighted by Gasteiger charge is 2.12. The van der Waals surface area contributed by atoms with Crippen LogP contribution in [0.1, 0.15) is 14.5 Å². The number of rotatable bonds is 2. The zero-order chi connectivity index (χ0) is 10.7. The summed E-state index contributed by atoms with van der Waals surface area (Å²) in [5, 5.41) is 18.9. The number of carboxylic acid groups (broad SMARTS) is 1. The maximum atomic E-state index is 10.9. The summed E-state index contributed by atoms with van der Waals surface area (Å²) in [6.07, 6.45) is -1.19. The molecule has 0 aliphatic rings. The Morgan fingerprint density at radius 3 is 2.64 bits per heavy atom. The molecule has 1 rings (SSSR count). The third-order valence-corrected chi connectivity index (χ3v) is 2.53. The van der Waals surface area contributed by atoms with Crippen LogP contribution in [0.3, 0.4) is 0 Å². The van der Waals surface area contributed by atoms with Gasteiger partial charge in [0.2, 0.25) is 0 Å². The van der Waals surface area contributed by atoms with E-state index < -0.39 is 12.0 Å². The fraction of sp³-hybridized carbons (Fsp3) is 0.143. The lowest BCUT2D eigenvalue weighted by Crippen LogP contribution is -2.17. The first-order valence-electron chi connectivity index (χ1n) is 3.59. The smallest absolute Gasteiger partial charge is 0.409 e. The largest absolute Gasteiger partial charge is 0.465 e. The molecule has 0 spiro atoms. The first-order valence-corrected chi connectivity index (χ1v) is 4.41. The minimum atomic E-state index is -1.19. The van der Waals surface area contributed by atoms with Crippen LogP contribution in [0.5, 0.6) is 0 Å². The molecule has 1 aromatic rings. The number of thiophene rings is 1. The number of hydroxylamine groups is 1. The van der Waals surface area contributed by atoms with Gasteiger partial charge in [0.05, 0.1) is 10.6 Å². The van der Waals surface area contributed by atoms with Crippen molar-refractivity contribution in [1.82, 2.24) is 5.48 Å². The SMILES string of the molecule is Cc1sc(C(=O)NO)cc1NC(=O)O. The maximum Gasteiger partial charge on any atom is 0.409 e. The van der Waals surface area contributed by atoms with E-state index in [2.05, 4.69) is 5.32 Å². The summed E-state index contributed by atoms with van der Waals surface area (Å²) >= 11 is 1.09. The lowest BCUT2D eigenvalue weighted by Gasteiger charge is -1.96. The van der Waals surface area contributed by atoms with Crippen LogP contribution < -0.4 is 10.8 Å². The molecule has 0 aliphatic carbocycles. The summed E-state index contributed by atoms with van der Waals surface area (Å²) in [6.45, 7) is 1.67. The van der Waals surface area contributed by atoms with Crippen molar-refractivity contribution in [2.75, 3.05) is 5.32 Å². The standard InChI is InChI=1S/C7H8N2O4S/c1-3-4(8-7(11)12)2-5(14-3)6(10)9-13/h2,8,13H,1H3,(H,9,10)(H,11,12). The van der Waals surface area contributed by atoms with Gasteiger partial charge in [-0.2, -0.15) is 0 Å². The van der Waals surface area contributed by atoms with E-state index in [1.807, 2.05) is 0 Å². The first-order chi connectivity index (χ1) is 6.54. The van der Waals surface area contributed by atoms with Gasteiger partial charge >= 0.3 is 6.09 Å². The van der Waals surface area contributed by atoms with E-state index in [-0.39, 0.29) is 4.88 Å². The molecule has 6 nitrogen and oxygen atoms in total. The van der Waals surface area contributed by atoms with Crippen LogP contribution in [0, 0.1) is 6.92 Å². The van der Waals surface area contributed by atoms with Crippen LogP contribution in [0.25, 0.3) is 0 Å². The van der Waals surface area contributed by atoms with Gasteiger partial charge < -0.3 is 5.11 Å². The van der Waals surface area contributed by atoms with E-state index in [0.29, 0.717) is 10.6 Å². The molecule has 1 aromatic heterocycles. The molecule has 0 atom stereocenters. The molecule has 1 heterocycles. The number of hydrogen-bond donors (Lipinski definition) is 4. The maximum absolute atomic E-state index is 10.9. The molecule has 0 fully saturated rings. The average molecular weight is 216 g/mol. The molecule has 14 heavy (non-hydrogen) atoms. The number of nitrogens with one attached hydrogen (secondary N) is 2. The summed E-state index contributed by atoms with van der Waals surface area (Å²) in [6, 6.07) is 1.36. The van der Waals surface area contributed by atoms with E-state index in [9.17, 15) is 9.59 Å². The Labute approximate surface area is 83.1 Å². The normalized spacial score (nSPS) is 9.57. The minimum Gasteiger partial charge on any atom is -0.465 e. The molecule has 0 saturated heterocycles. The number of amides is 2. The van der Waals surface area contributed by atoms with Crippen molar-refractivity contribution < 1.29 is 19.9 Å². The van der Waals surface area contributed by atoms with Gasteiger partial charge in [-0.25, -0.2) is 10.3 Å². The van der Waals surface area contributed by atoms with Crippen LogP contribution in [0.2, 0.25) is 0 Å². The topological polar surface area (TPSA) is 98.7 Å². The summed E-state index contributed by atoms with van der Waals surface area (Å²) in [5.74, 6) is -0.656. The van der Waals surface area contributed by atoms with E-state index in [1.54, 1.807) is 6.92 Å². The zero-order valence-corrected chi connectivity index (χ0v) is 8.01. The van der Waals surface area contributed by atoms with Crippen LogP contribution >= 0.6 is 11.3 Å². The van der Waals surface area contributed by atoms with Crippen molar-refractivity contribution >= 4 is 29.0 Å². The molecule has 0 aliphatic heterocycles. The Morgan fingerprint density at radius 2 is 2.14 bits per heavy atom. The molecule has 76 valence electrons. The second-order valence-corrected chi connectivity index (χ2v) is 3.71. The fourth-order valence-electron chi connectivity index (χ4n) is 0.888. The summed E-state index contributed by atoms with van der Waals surface area (Å²) < 4.78 is 0. The lowest BCUT2D eigenvalue weighted by molar-refractivity contribution is 0.0711. The quantitative estimate of drug-likeness (QED) is 0.442. The summed E-state index contributed by atoms with van der Waals surface area (Å²) in [7, 11) is 0. The van der Waals surface area contributed by atoms with E-state index in [4.69, 9.17) is 10.3 Å². The Kier molecular flexibility index (Phi) is 3.05. The van der Waals surface area contributed by atoms with Gasteiger partial charge in [-0.05, 0) is 13.0 Å². The van der Waals surface area contributed by atoms with Crippen LogP contribution in [-0.2, 0) is 0 Å². The molecule has 2 amide bonds. The fourth-order valence-corrected chi connectivity index (χ4v) is 1.75. The van der Waals surface area contributed by atoms with Gasteiger partial charge in [-0.3, -0.25) is 15.3 Å². The van der Waals surface area contributed by atoms with Gasteiger partial charge in [0.25, 0.3) is 5.91 Å². The van der Waals surface area contributed by atoms with Gasteiger partial charge in [-0.15, -0.1) is 11.3 Å². The highest BCUT2D eigenvalue weighted by Crippen LogP contribution is 2.25. The van der Waals surface area contributed by atoms with E-state index in [0.717, 1.165) is 11.3 Å². The Morgan fingerprint density at radius 1 is 1.50 bits per heavy atom. The molecule has 4 N–H and O–H groups in total. The number of carbonyl (C=O) groups is 2. The lowest BCUT2D eigenvalue weighted by atomic mass is 10.3. The van der Waals surface area contributed by atoms with Crippen molar-refractivity contribution in [3.05, 3.63) is 15.8 Å². The van der Waals surface area contributed by atoms with Crippen molar-refractivity contribution in [3.63, 3.8) is 0 Å². The van der Waals surface area contributed by atoms with Crippen molar-refractivity contribution in [1.29, 1.82) is 0 Å². The van der Waals surface area contributed by atoms with Crippen LogP contribution in [0.15, 0.2) is 6.07 Å². The highest BCUT2D eigenvalue weighted by atomic mass is 32.1. The highest BCUT2D eigenvalue weighted by molar-refractivity contribution is 7.14.